The van der Waals surface area contributed by atoms with Gasteiger partial charge >= 0.3 is 0 Å². The molecule has 78 valence electrons. The molecular weight excluding hydrogens is 209 g/mol. The highest BCUT2D eigenvalue weighted by Crippen LogP contribution is 2.36. The summed E-state index contributed by atoms with van der Waals surface area (Å²) in [7, 11) is 1.33. The van der Waals surface area contributed by atoms with Gasteiger partial charge in [0.15, 0.2) is 11.5 Å². The number of benzene rings is 1. The fourth-order valence-electron chi connectivity index (χ4n) is 1.20. The number of hydrogen-bond donors (Lipinski definition) is 2. The number of phenols is 1. The summed E-state index contributed by atoms with van der Waals surface area (Å²) in [6.07, 6.45) is 0.445. The van der Waals surface area contributed by atoms with Crippen LogP contribution >= 0.6 is 11.6 Å². The van der Waals surface area contributed by atoms with Gasteiger partial charge in [0.2, 0.25) is 5.82 Å². The third-order valence-electron chi connectivity index (χ3n) is 1.84. The quantitative estimate of drug-likeness (QED) is 0.814. The number of phenolic OH excluding ortho intramolecular Hbond substituents is 1. The summed E-state index contributed by atoms with van der Waals surface area (Å²) >= 11 is 5.60. The molecule has 0 saturated heterocycles. The van der Waals surface area contributed by atoms with Crippen LogP contribution in [0.1, 0.15) is 5.56 Å². The lowest BCUT2D eigenvalue weighted by molar-refractivity contribution is 0.360. The smallest absolute Gasteiger partial charge is 0.208 e. The average Bonchev–Trinajstić information content (AvgIpc) is 2.16. The minimum atomic E-state index is -0.844. The number of hydrogen-bond acceptors (Lipinski definition) is 3. The van der Waals surface area contributed by atoms with E-state index in [2.05, 4.69) is 0 Å². The van der Waals surface area contributed by atoms with E-state index in [-0.39, 0.29) is 10.8 Å². The van der Waals surface area contributed by atoms with Gasteiger partial charge in [-0.1, -0.05) is 11.6 Å². The van der Waals surface area contributed by atoms with Crippen molar-refractivity contribution in [2.45, 2.75) is 6.42 Å². The van der Waals surface area contributed by atoms with Crippen LogP contribution < -0.4 is 10.5 Å². The zero-order valence-corrected chi connectivity index (χ0v) is 8.44. The summed E-state index contributed by atoms with van der Waals surface area (Å²) in [5.41, 5.74) is 5.89. The molecule has 0 amide bonds. The van der Waals surface area contributed by atoms with Crippen molar-refractivity contribution in [3.63, 3.8) is 0 Å². The molecule has 1 rings (SSSR count). The maximum Gasteiger partial charge on any atom is 0.208 e. The van der Waals surface area contributed by atoms with Gasteiger partial charge in [-0.3, -0.25) is 0 Å². The molecule has 1 aromatic carbocycles. The van der Waals surface area contributed by atoms with Gasteiger partial charge in [-0.2, -0.15) is 4.39 Å². The molecule has 0 radical (unpaired) electrons. The Kier molecular flexibility index (Phi) is 3.55. The predicted molar refractivity (Wildman–Crippen MR) is 52.4 cm³/mol. The molecule has 0 aliphatic rings. The van der Waals surface area contributed by atoms with E-state index in [1.807, 2.05) is 0 Å². The second-order valence-corrected chi connectivity index (χ2v) is 3.16. The summed E-state index contributed by atoms with van der Waals surface area (Å²) < 4.78 is 18.2. The van der Waals surface area contributed by atoms with Crippen molar-refractivity contribution in [2.75, 3.05) is 13.7 Å². The Morgan fingerprint density at radius 1 is 1.64 bits per heavy atom. The first-order valence-corrected chi connectivity index (χ1v) is 4.43. The highest BCUT2D eigenvalue weighted by molar-refractivity contribution is 6.32. The minimum Gasteiger partial charge on any atom is -0.504 e. The van der Waals surface area contributed by atoms with Crippen LogP contribution in [0.15, 0.2) is 6.07 Å². The first kappa shape index (κ1) is 11.1. The van der Waals surface area contributed by atoms with E-state index in [1.165, 1.54) is 13.2 Å². The molecule has 14 heavy (non-hydrogen) atoms. The number of aromatic hydroxyl groups is 1. The fourth-order valence-corrected chi connectivity index (χ4v) is 1.42. The van der Waals surface area contributed by atoms with Crippen LogP contribution in [-0.2, 0) is 6.42 Å². The van der Waals surface area contributed by atoms with E-state index in [0.29, 0.717) is 18.5 Å². The van der Waals surface area contributed by atoms with Crippen molar-refractivity contribution in [3.05, 3.63) is 22.5 Å². The van der Waals surface area contributed by atoms with Gasteiger partial charge in [0.25, 0.3) is 0 Å². The molecule has 5 heteroatoms. The Labute approximate surface area is 86.2 Å². The van der Waals surface area contributed by atoms with Crippen molar-refractivity contribution < 1.29 is 14.2 Å². The molecule has 0 heterocycles. The fraction of sp³-hybridized carbons (Fsp3) is 0.333. The Balaban J connectivity index is 3.28. The van der Waals surface area contributed by atoms with Gasteiger partial charge < -0.3 is 15.6 Å². The Morgan fingerprint density at radius 2 is 2.29 bits per heavy atom. The van der Waals surface area contributed by atoms with Crippen molar-refractivity contribution in [1.29, 1.82) is 0 Å². The second-order valence-electron chi connectivity index (χ2n) is 2.75. The maximum absolute atomic E-state index is 13.3. The molecule has 0 unspecified atom stereocenters. The van der Waals surface area contributed by atoms with Crippen LogP contribution in [-0.4, -0.2) is 18.8 Å². The molecular formula is C9H11ClFNO2. The highest BCUT2D eigenvalue weighted by Gasteiger charge is 2.16. The number of nitrogens with two attached hydrogens (primary N) is 1. The largest absolute Gasteiger partial charge is 0.504 e. The molecule has 3 N–H and O–H groups in total. The lowest BCUT2D eigenvalue weighted by Crippen LogP contribution is -2.05. The number of rotatable bonds is 3. The minimum absolute atomic E-state index is 0.00245. The molecule has 1 aromatic rings. The molecule has 0 spiro atoms. The average molecular weight is 220 g/mol. The summed E-state index contributed by atoms with van der Waals surface area (Å²) in [6, 6.07) is 1.45. The molecule has 0 aromatic heterocycles. The summed E-state index contributed by atoms with van der Waals surface area (Å²) in [4.78, 5) is 0. The summed E-state index contributed by atoms with van der Waals surface area (Å²) in [5.74, 6) is -1.44. The van der Waals surface area contributed by atoms with Crippen LogP contribution in [0.2, 0.25) is 5.02 Å². The Morgan fingerprint density at radius 3 is 2.79 bits per heavy atom. The van der Waals surface area contributed by atoms with Crippen LogP contribution in [0.25, 0.3) is 0 Å². The van der Waals surface area contributed by atoms with Gasteiger partial charge in [-0.05, 0) is 19.0 Å². The standard InChI is InChI=1S/C9H11ClFNO2/c1-14-9-5(2-3-12)4-6(10)8(13)7(9)11/h4,13H,2-3,12H2,1H3. The summed E-state index contributed by atoms with van der Waals surface area (Å²) in [6.45, 7) is 0.358. The van der Waals surface area contributed by atoms with Gasteiger partial charge in [0.05, 0.1) is 12.1 Å². The van der Waals surface area contributed by atoms with E-state index >= 15 is 0 Å². The first-order valence-electron chi connectivity index (χ1n) is 4.05. The maximum atomic E-state index is 13.3. The highest BCUT2D eigenvalue weighted by atomic mass is 35.5. The lowest BCUT2D eigenvalue weighted by Gasteiger charge is -2.10. The molecule has 0 fully saturated rings. The van der Waals surface area contributed by atoms with Gasteiger partial charge in [0.1, 0.15) is 0 Å². The summed E-state index contributed by atoms with van der Waals surface area (Å²) in [5, 5.41) is 9.16. The van der Waals surface area contributed by atoms with E-state index < -0.39 is 11.6 Å². The Bertz CT molecular complexity index is 344. The predicted octanol–water partition coefficient (Wildman–Crippen LogP) is 1.69. The van der Waals surface area contributed by atoms with Crippen LogP contribution in [0.3, 0.4) is 0 Å². The van der Waals surface area contributed by atoms with Gasteiger partial charge in [-0.15, -0.1) is 0 Å². The van der Waals surface area contributed by atoms with Crippen molar-refractivity contribution in [1.82, 2.24) is 0 Å². The van der Waals surface area contributed by atoms with Crippen molar-refractivity contribution in [3.8, 4) is 11.5 Å². The number of ether oxygens (including phenoxy) is 1. The van der Waals surface area contributed by atoms with Gasteiger partial charge in [-0.25, -0.2) is 0 Å². The van der Waals surface area contributed by atoms with Crippen LogP contribution in [0.4, 0.5) is 4.39 Å². The number of methoxy groups -OCH3 is 1. The van der Waals surface area contributed by atoms with E-state index in [0.717, 1.165) is 0 Å². The monoisotopic (exact) mass is 219 g/mol. The zero-order chi connectivity index (χ0) is 10.7. The van der Waals surface area contributed by atoms with E-state index in [9.17, 15) is 9.50 Å². The molecule has 0 atom stereocenters. The SMILES string of the molecule is COc1c(CCN)cc(Cl)c(O)c1F. The van der Waals surface area contributed by atoms with E-state index in [4.69, 9.17) is 22.1 Å². The van der Waals surface area contributed by atoms with Crippen LogP contribution in [0, 0.1) is 5.82 Å². The number of halogens is 2. The van der Waals surface area contributed by atoms with Crippen LogP contribution in [0.5, 0.6) is 11.5 Å². The topological polar surface area (TPSA) is 55.5 Å². The molecule has 0 aliphatic carbocycles. The second kappa shape index (κ2) is 4.48. The van der Waals surface area contributed by atoms with Crippen molar-refractivity contribution >= 4 is 11.6 Å². The molecule has 0 bridgehead atoms. The third kappa shape index (κ3) is 1.91. The third-order valence-corrected chi connectivity index (χ3v) is 2.13. The molecule has 0 saturated carbocycles. The first-order chi connectivity index (χ1) is 6.61. The lowest BCUT2D eigenvalue weighted by atomic mass is 10.1. The van der Waals surface area contributed by atoms with E-state index in [1.54, 1.807) is 0 Å². The normalized spacial score (nSPS) is 10.3. The van der Waals surface area contributed by atoms with Gasteiger partial charge in [0, 0.05) is 5.56 Å². The van der Waals surface area contributed by atoms with Crippen molar-refractivity contribution in [2.24, 2.45) is 5.73 Å². The zero-order valence-electron chi connectivity index (χ0n) is 7.68. The molecule has 3 nitrogen and oxygen atoms in total. The molecule has 0 aliphatic heterocycles. The Hall–Kier alpha value is -1.00.